The third-order valence-electron chi connectivity index (χ3n) is 4.48. The molecule has 5 heteroatoms. The number of hydrogen-bond acceptors (Lipinski definition) is 2. The maximum absolute atomic E-state index is 12.3. The van der Waals surface area contributed by atoms with E-state index >= 15 is 0 Å². The molecule has 1 aromatic carbocycles. The van der Waals surface area contributed by atoms with E-state index in [9.17, 15) is 9.00 Å². The van der Waals surface area contributed by atoms with Crippen LogP contribution in [0.25, 0.3) is 0 Å². The molecule has 1 aliphatic heterocycles. The maximum atomic E-state index is 12.3. The van der Waals surface area contributed by atoms with E-state index in [1.54, 1.807) is 6.26 Å². The summed E-state index contributed by atoms with van der Waals surface area (Å²) in [6.07, 6.45) is 2.56. The number of carbonyl (C=O) groups is 1. The van der Waals surface area contributed by atoms with E-state index in [0.717, 1.165) is 13.0 Å². The van der Waals surface area contributed by atoms with Crippen LogP contribution in [0.1, 0.15) is 44.4 Å². The van der Waals surface area contributed by atoms with E-state index < -0.39 is 10.8 Å². The highest BCUT2D eigenvalue weighted by molar-refractivity contribution is 7.84. The molecule has 0 unspecified atom stereocenters. The number of fused-ring (bicyclic) bond motifs is 1. The molecule has 2 atom stereocenters. The van der Waals surface area contributed by atoms with Gasteiger partial charge in [0, 0.05) is 41.9 Å². The topological polar surface area (TPSA) is 49.4 Å². The van der Waals surface area contributed by atoms with Crippen LogP contribution in [0.3, 0.4) is 0 Å². The number of urea groups is 1. The van der Waals surface area contributed by atoms with Crippen LogP contribution in [0.2, 0.25) is 0 Å². The maximum Gasteiger partial charge on any atom is 0.317 e. The Kier molecular flexibility index (Phi) is 5.50. The Morgan fingerprint density at radius 2 is 2.04 bits per heavy atom. The number of benzene rings is 1. The molecule has 0 fully saturated rings. The van der Waals surface area contributed by atoms with Crippen molar-refractivity contribution >= 4 is 16.8 Å². The highest BCUT2D eigenvalue weighted by atomic mass is 32.2. The molecule has 1 N–H and O–H groups in total. The predicted molar refractivity (Wildman–Crippen MR) is 96.2 cm³/mol. The van der Waals surface area contributed by atoms with Crippen LogP contribution in [0.4, 0.5) is 4.79 Å². The van der Waals surface area contributed by atoms with Gasteiger partial charge in [-0.15, -0.1) is 0 Å². The lowest BCUT2D eigenvalue weighted by molar-refractivity contribution is 0.192. The Balaban J connectivity index is 2.04. The lowest BCUT2D eigenvalue weighted by Crippen LogP contribution is -2.45. The number of amides is 2. The molecule has 0 aliphatic carbocycles. The minimum atomic E-state index is -0.914. The van der Waals surface area contributed by atoms with Gasteiger partial charge in [-0.2, -0.15) is 0 Å². The average Bonchev–Trinajstić information content (AvgIpc) is 2.50. The number of rotatable bonds is 3. The first kappa shape index (κ1) is 18.0. The Morgan fingerprint density at radius 1 is 1.35 bits per heavy atom. The molecule has 23 heavy (non-hydrogen) atoms. The number of nitrogens with one attached hydrogen (secondary N) is 1. The average molecular weight is 337 g/mol. The third kappa shape index (κ3) is 4.56. The van der Waals surface area contributed by atoms with E-state index in [-0.39, 0.29) is 16.7 Å². The molecular formula is C18H28N2O2S. The summed E-state index contributed by atoms with van der Waals surface area (Å²) >= 11 is 0. The zero-order valence-corrected chi connectivity index (χ0v) is 15.6. The molecule has 2 amide bonds. The summed E-state index contributed by atoms with van der Waals surface area (Å²) in [5.41, 5.74) is 3.99. The van der Waals surface area contributed by atoms with Crippen LogP contribution in [0, 0.1) is 0 Å². The molecule has 128 valence electrons. The van der Waals surface area contributed by atoms with Gasteiger partial charge in [0.05, 0.1) is 0 Å². The van der Waals surface area contributed by atoms with E-state index in [1.165, 1.54) is 16.7 Å². The van der Waals surface area contributed by atoms with Gasteiger partial charge >= 0.3 is 6.03 Å². The first-order chi connectivity index (χ1) is 10.7. The van der Waals surface area contributed by atoms with Gasteiger partial charge in [0.15, 0.2) is 0 Å². The van der Waals surface area contributed by atoms with Crippen molar-refractivity contribution in [3.63, 3.8) is 0 Å². The molecule has 0 bridgehead atoms. The summed E-state index contributed by atoms with van der Waals surface area (Å²) in [4.78, 5) is 14.2. The van der Waals surface area contributed by atoms with Crippen LogP contribution in [0.5, 0.6) is 0 Å². The Morgan fingerprint density at radius 3 is 2.65 bits per heavy atom. The van der Waals surface area contributed by atoms with Gasteiger partial charge in [-0.3, -0.25) is 4.21 Å². The van der Waals surface area contributed by atoms with Crippen LogP contribution in [-0.2, 0) is 29.2 Å². The molecule has 0 spiro atoms. The van der Waals surface area contributed by atoms with Crippen molar-refractivity contribution in [2.45, 2.75) is 51.3 Å². The summed E-state index contributed by atoms with van der Waals surface area (Å²) in [6, 6.07) is 6.58. The summed E-state index contributed by atoms with van der Waals surface area (Å²) in [5, 5.41) is 2.88. The Hall–Kier alpha value is -1.36. The number of nitrogens with zero attached hydrogens (tertiary/aromatic N) is 1. The summed E-state index contributed by atoms with van der Waals surface area (Å²) in [5.74, 6) is 0. The van der Waals surface area contributed by atoms with Gasteiger partial charge in [-0.25, -0.2) is 4.79 Å². The fraction of sp³-hybridized carbons (Fsp3) is 0.611. The molecule has 1 aliphatic rings. The van der Waals surface area contributed by atoms with Gasteiger partial charge < -0.3 is 10.2 Å². The predicted octanol–water partition coefficient (Wildman–Crippen LogP) is 2.82. The van der Waals surface area contributed by atoms with Crippen molar-refractivity contribution in [3.05, 3.63) is 34.9 Å². The standard InChI is InChI=1S/C18H28N2O2S/c1-13(23(5)22)11-19-17(21)20-9-8-14-6-7-16(18(2,3)4)10-15(14)12-20/h6-7,10,13H,8-9,11-12H2,1-5H3,(H,19,21)/t13-,23-/m1/s1. The second kappa shape index (κ2) is 7.04. The highest BCUT2D eigenvalue weighted by Crippen LogP contribution is 2.27. The lowest BCUT2D eigenvalue weighted by atomic mass is 9.84. The van der Waals surface area contributed by atoms with E-state index in [2.05, 4.69) is 44.3 Å². The van der Waals surface area contributed by atoms with Crippen molar-refractivity contribution in [2.24, 2.45) is 0 Å². The molecule has 0 aromatic heterocycles. The normalized spacial score (nSPS) is 17.3. The first-order valence-electron chi connectivity index (χ1n) is 8.16. The van der Waals surface area contributed by atoms with Gasteiger partial charge in [-0.05, 0) is 35.4 Å². The minimum Gasteiger partial charge on any atom is -0.337 e. The van der Waals surface area contributed by atoms with Crippen molar-refractivity contribution in [1.82, 2.24) is 10.2 Å². The second-order valence-corrected chi connectivity index (χ2v) is 9.20. The van der Waals surface area contributed by atoms with Crippen LogP contribution in [0.15, 0.2) is 18.2 Å². The van der Waals surface area contributed by atoms with E-state index in [4.69, 9.17) is 0 Å². The highest BCUT2D eigenvalue weighted by Gasteiger charge is 2.23. The smallest absolute Gasteiger partial charge is 0.317 e. The summed E-state index contributed by atoms with van der Waals surface area (Å²) < 4.78 is 11.4. The third-order valence-corrected chi connectivity index (χ3v) is 5.78. The van der Waals surface area contributed by atoms with Gasteiger partial charge in [-0.1, -0.05) is 39.0 Å². The Bertz CT molecular complexity index is 608. The number of hydrogen-bond donors (Lipinski definition) is 1. The fourth-order valence-corrected chi connectivity index (χ4v) is 2.98. The Labute approximate surface area is 142 Å². The minimum absolute atomic E-state index is 0.0245. The quantitative estimate of drug-likeness (QED) is 0.923. The zero-order chi connectivity index (χ0) is 17.2. The van der Waals surface area contributed by atoms with Crippen molar-refractivity contribution in [2.75, 3.05) is 19.3 Å². The molecule has 0 saturated carbocycles. The van der Waals surface area contributed by atoms with Crippen LogP contribution < -0.4 is 5.32 Å². The van der Waals surface area contributed by atoms with Crippen molar-refractivity contribution in [1.29, 1.82) is 0 Å². The van der Waals surface area contributed by atoms with Gasteiger partial charge in [0.2, 0.25) is 0 Å². The van der Waals surface area contributed by atoms with E-state index in [0.29, 0.717) is 13.1 Å². The molecule has 1 heterocycles. The fourth-order valence-electron chi connectivity index (χ4n) is 2.66. The lowest BCUT2D eigenvalue weighted by Gasteiger charge is -2.31. The largest absolute Gasteiger partial charge is 0.337 e. The van der Waals surface area contributed by atoms with Crippen LogP contribution >= 0.6 is 0 Å². The molecule has 0 saturated heterocycles. The van der Waals surface area contributed by atoms with E-state index in [1.807, 2.05) is 11.8 Å². The van der Waals surface area contributed by atoms with Gasteiger partial charge in [0.25, 0.3) is 0 Å². The molecule has 0 radical (unpaired) electrons. The number of carbonyl (C=O) groups excluding carboxylic acids is 1. The first-order valence-corrected chi connectivity index (χ1v) is 9.78. The molecule has 1 aromatic rings. The monoisotopic (exact) mass is 336 g/mol. The molecule has 4 nitrogen and oxygen atoms in total. The van der Waals surface area contributed by atoms with Crippen molar-refractivity contribution in [3.8, 4) is 0 Å². The van der Waals surface area contributed by atoms with Crippen molar-refractivity contribution < 1.29 is 9.00 Å². The SMILES string of the molecule is C[C@H](CNC(=O)N1CCc2ccc(C(C)(C)C)cc2C1)[S@@](C)=O. The second-order valence-electron chi connectivity index (χ2n) is 7.40. The summed E-state index contributed by atoms with van der Waals surface area (Å²) in [6.45, 7) is 10.3. The zero-order valence-electron chi connectivity index (χ0n) is 14.8. The van der Waals surface area contributed by atoms with Crippen LogP contribution in [-0.4, -0.2) is 39.7 Å². The molecular weight excluding hydrogens is 308 g/mol. The summed E-state index contributed by atoms with van der Waals surface area (Å²) in [7, 11) is -0.914. The van der Waals surface area contributed by atoms with Gasteiger partial charge in [0.1, 0.15) is 0 Å². The molecule has 2 rings (SSSR count).